The number of fused-ring (bicyclic) bond motifs is 2. The van der Waals surface area contributed by atoms with Gasteiger partial charge >= 0.3 is 17.9 Å². The number of aromatic nitrogens is 2. The lowest BCUT2D eigenvalue weighted by Gasteiger charge is -2.29. The molecule has 2 aromatic carbocycles. The van der Waals surface area contributed by atoms with E-state index in [1.165, 1.54) is 6.92 Å². The fourth-order valence-corrected chi connectivity index (χ4v) is 7.35. The minimum absolute atomic E-state index is 0.0171. The lowest BCUT2D eigenvalue weighted by molar-refractivity contribution is -0.142. The van der Waals surface area contributed by atoms with Crippen LogP contribution in [0.2, 0.25) is 0 Å². The highest BCUT2D eigenvalue weighted by Crippen LogP contribution is 2.21. The topological polar surface area (TPSA) is 318 Å². The van der Waals surface area contributed by atoms with Gasteiger partial charge < -0.3 is 57.2 Å². The summed E-state index contributed by atoms with van der Waals surface area (Å²) in [6.07, 6.45) is 1.46. The smallest absolute Gasteiger partial charge is 0.326 e. The lowest BCUT2D eigenvalue weighted by atomic mass is 9.96. The highest BCUT2D eigenvalue weighted by atomic mass is 16.4. The number of H-pyrrole nitrogens is 2. The van der Waals surface area contributed by atoms with E-state index < -0.39 is 115 Å². The van der Waals surface area contributed by atoms with E-state index in [-0.39, 0.29) is 25.2 Å². The van der Waals surface area contributed by atoms with Gasteiger partial charge in [0, 0.05) is 60.4 Å². The Labute approximate surface area is 374 Å². The molecule has 2 heterocycles. The van der Waals surface area contributed by atoms with E-state index in [0.717, 1.165) is 21.8 Å². The first-order valence-electron chi connectivity index (χ1n) is 21.3. The van der Waals surface area contributed by atoms with E-state index in [2.05, 4.69) is 41.9 Å². The second-order valence-corrected chi connectivity index (χ2v) is 16.5. The summed E-state index contributed by atoms with van der Waals surface area (Å²) in [7, 11) is 0. The number of rotatable bonds is 25. The number of nitrogens with one attached hydrogen (secondary N) is 8. The van der Waals surface area contributed by atoms with Crippen molar-refractivity contribution in [2.45, 2.75) is 116 Å². The number of hydrogen-bond acceptors (Lipinski definition) is 9. The molecule has 20 nitrogen and oxygen atoms in total. The van der Waals surface area contributed by atoms with Gasteiger partial charge in [0.1, 0.15) is 36.3 Å². The van der Waals surface area contributed by atoms with E-state index in [1.54, 1.807) is 52.2 Å². The SMILES string of the molecule is CC[C@H](C)[C@H](NC(=O)[C@H](CC(C)C)NC(=O)[C@H](CC(=O)O)NC(=O)[C@H](CCC(=O)O)NC(=O)[C@@H](Cc1c[nH]c2ccccc12)NC(C)=O)C(=O)N[C@@H](Cc1c[nH]c2ccccc12)C(=O)O. The number of carbonyl (C=O) groups is 9. The van der Waals surface area contributed by atoms with Gasteiger partial charge in [-0.1, -0.05) is 70.5 Å². The zero-order chi connectivity index (χ0) is 48.0. The molecule has 6 amide bonds. The largest absolute Gasteiger partial charge is 0.481 e. The molecule has 0 fully saturated rings. The minimum Gasteiger partial charge on any atom is -0.481 e. The van der Waals surface area contributed by atoms with Crippen molar-refractivity contribution < 1.29 is 58.5 Å². The Hall–Kier alpha value is -7.25. The molecule has 0 saturated heterocycles. The van der Waals surface area contributed by atoms with Gasteiger partial charge in [-0.2, -0.15) is 0 Å². The normalized spacial score (nSPS) is 14.5. The molecule has 0 bridgehead atoms. The summed E-state index contributed by atoms with van der Waals surface area (Å²) in [6.45, 7) is 8.11. The predicted octanol–water partition coefficient (Wildman–Crippen LogP) is 1.88. The summed E-state index contributed by atoms with van der Waals surface area (Å²) in [6, 6.07) is 5.72. The summed E-state index contributed by atoms with van der Waals surface area (Å²) in [5, 5.41) is 45.8. The molecule has 0 aliphatic rings. The Morgan fingerprint density at radius 3 is 1.55 bits per heavy atom. The highest BCUT2D eigenvalue weighted by molar-refractivity contribution is 5.98. The number of carboxylic acid groups (broad SMARTS) is 3. The number of aliphatic carboxylic acids is 3. The van der Waals surface area contributed by atoms with E-state index >= 15 is 0 Å². The van der Waals surface area contributed by atoms with Crippen molar-refractivity contribution in [2.75, 3.05) is 0 Å². The number of carboxylic acids is 3. The molecule has 0 radical (unpaired) electrons. The van der Waals surface area contributed by atoms with Crippen molar-refractivity contribution in [1.82, 2.24) is 41.9 Å². The van der Waals surface area contributed by atoms with Crippen LogP contribution in [0.4, 0.5) is 0 Å². The minimum atomic E-state index is -1.85. The molecule has 65 heavy (non-hydrogen) atoms. The summed E-state index contributed by atoms with van der Waals surface area (Å²) in [4.78, 5) is 123. The summed E-state index contributed by atoms with van der Waals surface area (Å²) in [5.41, 5.74) is 2.84. The van der Waals surface area contributed by atoms with Crippen LogP contribution in [-0.2, 0) is 56.0 Å². The standard InChI is InChI=1S/C45H58N8O12/c1-6-24(4)39(44(63)52-36(45(64)65)19-27-22-47-31-14-10-8-12-29(27)31)53-43(62)33(17-23(2)3)50-42(61)35(20-38(57)58)51-40(59)32(15-16-37(55)56)49-41(60)34(48-25(5)54)18-26-21-46-30-13-9-7-11-28(26)30/h7-14,21-24,32-36,39,46-47H,6,15-20H2,1-5H3,(H,48,54)(H,49,60)(H,50,61)(H,51,59)(H,52,63)(H,53,62)(H,55,56)(H,57,58)(H,64,65)/t24-,32-,33-,34+,35-,36-,39-/m0/s1. The summed E-state index contributed by atoms with van der Waals surface area (Å²) >= 11 is 0. The van der Waals surface area contributed by atoms with Crippen LogP contribution in [-0.4, -0.2) is 115 Å². The number of amides is 6. The number of hydrogen-bond donors (Lipinski definition) is 11. The van der Waals surface area contributed by atoms with E-state index in [1.807, 2.05) is 36.4 Å². The van der Waals surface area contributed by atoms with Crippen molar-refractivity contribution >= 4 is 75.2 Å². The van der Waals surface area contributed by atoms with Crippen LogP contribution in [0.15, 0.2) is 60.9 Å². The van der Waals surface area contributed by atoms with Gasteiger partial charge in [-0.3, -0.25) is 38.4 Å². The third-order valence-electron chi connectivity index (χ3n) is 10.9. The average Bonchev–Trinajstić information content (AvgIpc) is 3.85. The number of aromatic amines is 2. The second-order valence-electron chi connectivity index (χ2n) is 16.5. The molecular formula is C45H58N8O12. The second kappa shape index (κ2) is 23.4. The molecule has 4 aromatic rings. The molecule has 0 spiro atoms. The summed E-state index contributed by atoms with van der Waals surface area (Å²) < 4.78 is 0. The van der Waals surface area contributed by atoms with Crippen LogP contribution >= 0.6 is 0 Å². The quantitative estimate of drug-likeness (QED) is 0.0454. The maximum Gasteiger partial charge on any atom is 0.326 e. The Balaban J connectivity index is 1.52. The van der Waals surface area contributed by atoms with Crippen molar-refractivity contribution in [1.29, 1.82) is 0 Å². The molecule has 7 atom stereocenters. The van der Waals surface area contributed by atoms with Gasteiger partial charge in [0.15, 0.2) is 0 Å². The van der Waals surface area contributed by atoms with Crippen molar-refractivity contribution in [3.8, 4) is 0 Å². The number of benzene rings is 2. The molecule has 11 N–H and O–H groups in total. The Bertz CT molecular complexity index is 2370. The first-order valence-corrected chi connectivity index (χ1v) is 21.3. The van der Waals surface area contributed by atoms with Gasteiger partial charge in [0.05, 0.1) is 6.42 Å². The van der Waals surface area contributed by atoms with Crippen LogP contribution < -0.4 is 31.9 Å². The molecule has 2 aromatic heterocycles. The molecule has 350 valence electrons. The van der Waals surface area contributed by atoms with Gasteiger partial charge in [0.25, 0.3) is 0 Å². The molecule has 4 rings (SSSR count). The number of carbonyl (C=O) groups excluding carboxylic acids is 6. The van der Waals surface area contributed by atoms with Crippen molar-refractivity contribution in [2.24, 2.45) is 11.8 Å². The fourth-order valence-electron chi connectivity index (χ4n) is 7.35. The summed E-state index contributed by atoms with van der Waals surface area (Å²) in [5.74, 6) is -10.2. The first kappa shape index (κ1) is 50.4. The average molecular weight is 903 g/mol. The third kappa shape index (κ3) is 14.7. The van der Waals surface area contributed by atoms with Gasteiger partial charge in [-0.05, 0) is 47.9 Å². The van der Waals surface area contributed by atoms with Crippen LogP contribution in [0.25, 0.3) is 21.8 Å². The molecule has 0 aliphatic carbocycles. The predicted molar refractivity (Wildman–Crippen MR) is 237 cm³/mol. The Morgan fingerprint density at radius 1 is 0.569 bits per heavy atom. The van der Waals surface area contributed by atoms with Crippen LogP contribution in [0.1, 0.15) is 77.8 Å². The molecule has 0 aliphatic heterocycles. The molecule has 0 saturated carbocycles. The molecule has 0 unspecified atom stereocenters. The van der Waals surface area contributed by atoms with Gasteiger partial charge in [0.2, 0.25) is 35.4 Å². The van der Waals surface area contributed by atoms with E-state index in [0.29, 0.717) is 17.5 Å². The first-order chi connectivity index (χ1) is 30.8. The Morgan fingerprint density at radius 2 is 1.05 bits per heavy atom. The van der Waals surface area contributed by atoms with Crippen LogP contribution in [0.3, 0.4) is 0 Å². The maximum atomic E-state index is 14.0. The third-order valence-corrected chi connectivity index (χ3v) is 10.9. The van der Waals surface area contributed by atoms with E-state index in [4.69, 9.17) is 0 Å². The fraction of sp³-hybridized carbons (Fsp3) is 0.444. The number of para-hydroxylation sites is 2. The van der Waals surface area contributed by atoms with Crippen molar-refractivity contribution in [3.63, 3.8) is 0 Å². The maximum absolute atomic E-state index is 14.0. The van der Waals surface area contributed by atoms with Crippen LogP contribution in [0, 0.1) is 11.8 Å². The van der Waals surface area contributed by atoms with Crippen molar-refractivity contribution in [3.05, 3.63) is 72.1 Å². The lowest BCUT2D eigenvalue weighted by Crippen LogP contribution is -2.60. The zero-order valence-electron chi connectivity index (χ0n) is 36.9. The zero-order valence-corrected chi connectivity index (χ0v) is 36.9. The monoisotopic (exact) mass is 902 g/mol. The van der Waals surface area contributed by atoms with Crippen LogP contribution in [0.5, 0.6) is 0 Å². The van der Waals surface area contributed by atoms with E-state index in [9.17, 15) is 58.5 Å². The highest BCUT2D eigenvalue weighted by Gasteiger charge is 2.36. The molecule has 20 heteroatoms. The van der Waals surface area contributed by atoms with Gasteiger partial charge in [-0.25, -0.2) is 4.79 Å². The Kier molecular flexibility index (Phi) is 18.2. The van der Waals surface area contributed by atoms with Gasteiger partial charge in [-0.15, -0.1) is 0 Å². The molecular weight excluding hydrogens is 845 g/mol.